The molecule has 1 aromatic carbocycles. The van der Waals surface area contributed by atoms with Crippen molar-refractivity contribution in [3.05, 3.63) is 27.7 Å². The van der Waals surface area contributed by atoms with Crippen LogP contribution in [0, 0.1) is 0 Å². The number of aliphatic hydroxyl groups excluding tert-OH is 1. The summed E-state index contributed by atoms with van der Waals surface area (Å²) in [6, 6.07) is 4.15. The van der Waals surface area contributed by atoms with Gasteiger partial charge in [0.05, 0.1) is 4.47 Å². The zero-order valence-corrected chi connectivity index (χ0v) is 10.6. The van der Waals surface area contributed by atoms with Crippen LogP contribution in [0.5, 0.6) is 5.75 Å². The third-order valence-corrected chi connectivity index (χ3v) is 3.16. The lowest BCUT2D eigenvalue weighted by atomic mass is 9.99. The van der Waals surface area contributed by atoms with Gasteiger partial charge < -0.3 is 9.84 Å². The summed E-state index contributed by atoms with van der Waals surface area (Å²) < 4.78 is 6.84. The Balaban J connectivity index is 2.38. The van der Waals surface area contributed by atoms with Crippen molar-refractivity contribution in [2.45, 2.75) is 32.3 Å². The van der Waals surface area contributed by atoms with Crippen molar-refractivity contribution in [1.29, 1.82) is 0 Å². The molecular weight excluding hydrogens is 256 g/mol. The molecule has 0 unspecified atom stereocenters. The summed E-state index contributed by atoms with van der Waals surface area (Å²) >= 11 is 3.51. The molecule has 1 aromatic rings. The summed E-state index contributed by atoms with van der Waals surface area (Å²) in [5.41, 5.74) is 2.28. The predicted octanol–water partition coefficient (Wildman–Crippen LogP) is 2.70. The highest BCUT2D eigenvalue weighted by atomic mass is 79.9. The van der Waals surface area contributed by atoms with Crippen molar-refractivity contribution in [2.24, 2.45) is 0 Å². The summed E-state index contributed by atoms with van der Waals surface area (Å²) in [6.45, 7) is 4.37. The van der Waals surface area contributed by atoms with Crippen LogP contribution in [0.25, 0.3) is 0 Å². The van der Waals surface area contributed by atoms with Gasteiger partial charge >= 0.3 is 0 Å². The Labute approximate surface area is 98.4 Å². The van der Waals surface area contributed by atoms with Gasteiger partial charge in [0.25, 0.3) is 0 Å². The second-order valence-corrected chi connectivity index (χ2v) is 5.43. The Bertz CT molecular complexity index is 385. The summed E-state index contributed by atoms with van der Waals surface area (Å²) in [7, 11) is 0. The van der Waals surface area contributed by atoms with Crippen LogP contribution in [-0.4, -0.2) is 17.3 Å². The van der Waals surface area contributed by atoms with Crippen molar-refractivity contribution < 1.29 is 9.84 Å². The molecule has 2 nitrogen and oxygen atoms in total. The molecule has 2 rings (SSSR count). The molecule has 0 saturated heterocycles. The van der Waals surface area contributed by atoms with E-state index in [0.29, 0.717) is 6.42 Å². The largest absolute Gasteiger partial charge is 0.486 e. The van der Waals surface area contributed by atoms with Crippen LogP contribution in [0.4, 0.5) is 0 Å². The van der Waals surface area contributed by atoms with E-state index >= 15 is 0 Å². The van der Waals surface area contributed by atoms with Crippen LogP contribution in [0.1, 0.15) is 25.0 Å². The van der Waals surface area contributed by atoms with Crippen LogP contribution in [0.15, 0.2) is 16.6 Å². The van der Waals surface area contributed by atoms with Gasteiger partial charge in [-0.3, -0.25) is 0 Å². The number of hydrogen-bond donors (Lipinski definition) is 1. The van der Waals surface area contributed by atoms with E-state index in [1.165, 1.54) is 5.56 Å². The maximum atomic E-state index is 8.92. The Hall–Kier alpha value is -0.540. The first-order valence-electron chi connectivity index (χ1n) is 5.13. The standard InChI is InChI=1S/C12H15BrO2/c1-12(2)7-9-5-8(3-4-14)6-10(13)11(9)15-12/h5-6,14H,3-4,7H2,1-2H3. The molecule has 1 aliphatic heterocycles. The lowest BCUT2D eigenvalue weighted by molar-refractivity contribution is 0.137. The summed E-state index contributed by atoms with van der Waals surface area (Å²) in [5.74, 6) is 0.960. The van der Waals surface area contributed by atoms with E-state index in [0.717, 1.165) is 22.2 Å². The monoisotopic (exact) mass is 270 g/mol. The molecule has 1 aliphatic rings. The number of fused-ring (bicyclic) bond motifs is 1. The normalized spacial score (nSPS) is 17.3. The first kappa shape index (κ1) is 11.0. The van der Waals surface area contributed by atoms with E-state index in [-0.39, 0.29) is 12.2 Å². The van der Waals surface area contributed by atoms with E-state index < -0.39 is 0 Å². The highest BCUT2D eigenvalue weighted by Gasteiger charge is 2.31. The van der Waals surface area contributed by atoms with E-state index in [9.17, 15) is 0 Å². The summed E-state index contributed by atoms with van der Waals surface area (Å²) in [6.07, 6.45) is 1.63. The predicted molar refractivity (Wildman–Crippen MR) is 63.3 cm³/mol. The fourth-order valence-electron chi connectivity index (χ4n) is 2.00. The molecule has 0 bridgehead atoms. The van der Waals surface area contributed by atoms with E-state index in [1.807, 2.05) is 6.07 Å². The molecular formula is C12H15BrO2. The zero-order valence-electron chi connectivity index (χ0n) is 9.01. The molecule has 3 heteroatoms. The van der Waals surface area contributed by atoms with Crippen molar-refractivity contribution >= 4 is 15.9 Å². The van der Waals surface area contributed by atoms with Gasteiger partial charge in [0, 0.05) is 13.0 Å². The molecule has 0 spiro atoms. The van der Waals surface area contributed by atoms with Crippen molar-refractivity contribution in [1.82, 2.24) is 0 Å². The highest BCUT2D eigenvalue weighted by molar-refractivity contribution is 9.10. The van der Waals surface area contributed by atoms with Gasteiger partial charge in [0.2, 0.25) is 0 Å². The van der Waals surface area contributed by atoms with Crippen molar-refractivity contribution in [2.75, 3.05) is 6.61 Å². The van der Waals surface area contributed by atoms with E-state index in [1.54, 1.807) is 0 Å². The van der Waals surface area contributed by atoms with Crippen LogP contribution in [0.3, 0.4) is 0 Å². The number of benzene rings is 1. The minimum atomic E-state index is -0.108. The molecule has 15 heavy (non-hydrogen) atoms. The van der Waals surface area contributed by atoms with Crippen LogP contribution in [-0.2, 0) is 12.8 Å². The van der Waals surface area contributed by atoms with Gasteiger partial charge in [-0.05, 0) is 53.4 Å². The van der Waals surface area contributed by atoms with E-state index in [4.69, 9.17) is 9.84 Å². The number of aliphatic hydroxyl groups is 1. The Morgan fingerprint density at radius 3 is 2.87 bits per heavy atom. The van der Waals surface area contributed by atoms with Crippen molar-refractivity contribution in [3.8, 4) is 5.75 Å². The Morgan fingerprint density at radius 2 is 2.20 bits per heavy atom. The van der Waals surface area contributed by atoms with Crippen LogP contribution in [0.2, 0.25) is 0 Å². The molecule has 0 saturated carbocycles. The van der Waals surface area contributed by atoms with Crippen LogP contribution < -0.4 is 4.74 Å². The molecule has 0 radical (unpaired) electrons. The molecule has 0 amide bonds. The first-order valence-corrected chi connectivity index (χ1v) is 5.92. The Morgan fingerprint density at radius 1 is 1.47 bits per heavy atom. The Kier molecular flexibility index (Phi) is 2.77. The summed E-state index contributed by atoms with van der Waals surface area (Å²) in [4.78, 5) is 0. The third kappa shape index (κ3) is 2.18. The second kappa shape index (κ2) is 3.80. The summed E-state index contributed by atoms with van der Waals surface area (Å²) in [5, 5.41) is 8.92. The smallest absolute Gasteiger partial charge is 0.137 e. The molecule has 0 aromatic heterocycles. The molecule has 0 atom stereocenters. The average Bonchev–Trinajstić information content (AvgIpc) is 2.41. The maximum absolute atomic E-state index is 8.92. The van der Waals surface area contributed by atoms with Crippen LogP contribution >= 0.6 is 15.9 Å². The van der Waals surface area contributed by atoms with Gasteiger partial charge in [-0.15, -0.1) is 0 Å². The quantitative estimate of drug-likeness (QED) is 0.896. The molecule has 0 aliphatic carbocycles. The minimum absolute atomic E-state index is 0.108. The number of ether oxygens (including phenoxy) is 1. The second-order valence-electron chi connectivity index (χ2n) is 4.58. The number of hydrogen-bond acceptors (Lipinski definition) is 2. The number of rotatable bonds is 2. The molecule has 82 valence electrons. The third-order valence-electron chi connectivity index (χ3n) is 2.58. The SMILES string of the molecule is CC1(C)Cc2cc(CCO)cc(Br)c2O1. The molecule has 1 heterocycles. The minimum Gasteiger partial charge on any atom is -0.486 e. The average molecular weight is 271 g/mol. The number of halogens is 1. The lowest BCUT2D eigenvalue weighted by Gasteiger charge is -2.17. The fourth-order valence-corrected chi connectivity index (χ4v) is 2.63. The van der Waals surface area contributed by atoms with Gasteiger partial charge in [-0.25, -0.2) is 0 Å². The topological polar surface area (TPSA) is 29.5 Å². The molecule has 1 N–H and O–H groups in total. The van der Waals surface area contributed by atoms with Gasteiger partial charge in [0.15, 0.2) is 0 Å². The first-order chi connectivity index (χ1) is 7.02. The highest BCUT2D eigenvalue weighted by Crippen LogP contribution is 2.41. The van der Waals surface area contributed by atoms with Gasteiger partial charge in [-0.1, -0.05) is 6.07 Å². The van der Waals surface area contributed by atoms with Crippen molar-refractivity contribution in [3.63, 3.8) is 0 Å². The van der Waals surface area contributed by atoms with E-state index in [2.05, 4.69) is 35.8 Å². The van der Waals surface area contributed by atoms with Gasteiger partial charge in [-0.2, -0.15) is 0 Å². The fraction of sp³-hybridized carbons (Fsp3) is 0.500. The van der Waals surface area contributed by atoms with Gasteiger partial charge in [0.1, 0.15) is 11.4 Å². The lowest BCUT2D eigenvalue weighted by Crippen LogP contribution is -2.24. The maximum Gasteiger partial charge on any atom is 0.137 e. The molecule has 0 fully saturated rings. The zero-order chi connectivity index (χ0) is 11.1.